The van der Waals surface area contributed by atoms with Crippen molar-refractivity contribution in [2.45, 2.75) is 70.4 Å². The van der Waals surface area contributed by atoms with Crippen LogP contribution in [0.2, 0.25) is 0 Å². The van der Waals surface area contributed by atoms with Gasteiger partial charge in [-0.05, 0) is 71.8 Å². The van der Waals surface area contributed by atoms with Crippen LogP contribution in [0.25, 0.3) is 0 Å². The van der Waals surface area contributed by atoms with E-state index < -0.39 is 0 Å². The predicted octanol–water partition coefficient (Wildman–Crippen LogP) is 3.13. The summed E-state index contributed by atoms with van der Waals surface area (Å²) in [5.41, 5.74) is 0.964. The average molecular weight is 250 g/mol. The van der Waals surface area contributed by atoms with Gasteiger partial charge in [0.2, 0.25) is 0 Å². The van der Waals surface area contributed by atoms with E-state index in [1.54, 1.807) is 0 Å². The van der Waals surface area contributed by atoms with Crippen molar-refractivity contribution in [1.82, 2.24) is 9.80 Å². The summed E-state index contributed by atoms with van der Waals surface area (Å²) in [4.78, 5) is 5.57. The molecule has 0 aromatic rings. The van der Waals surface area contributed by atoms with Gasteiger partial charge in [0, 0.05) is 30.7 Å². The molecule has 0 N–H and O–H groups in total. The van der Waals surface area contributed by atoms with Crippen molar-refractivity contribution in [2.75, 3.05) is 26.2 Å². The molecular formula is C16H30N2. The van der Waals surface area contributed by atoms with E-state index in [4.69, 9.17) is 0 Å². The molecule has 1 aliphatic carbocycles. The van der Waals surface area contributed by atoms with Crippen LogP contribution in [-0.4, -0.2) is 47.1 Å². The van der Waals surface area contributed by atoms with Gasteiger partial charge in [-0.25, -0.2) is 0 Å². The minimum atomic E-state index is 0.363. The number of piperidine rings is 1. The van der Waals surface area contributed by atoms with E-state index in [1.807, 2.05) is 0 Å². The van der Waals surface area contributed by atoms with Crippen LogP contribution >= 0.6 is 0 Å². The Hall–Kier alpha value is -0.0800. The third kappa shape index (κ3) is 2.46. The van der Waals surface area contributed by atoms with Gasteiger partial charge >= 0.3 is 0 Å². The maximum Gasteiger partial charge on any atom is 0.0234 e. The Labute approximate surface area is 113 Å². The third-order valence-corrected chi connectivity index (χ3v) is 5.56. The van der Waals surface area contributed by atoms with Gasteiger partial charge in [-0.1, -0.05) is 0 Å². The van der Waals surface area contributed by atoms with Crippen molar-refractivity contribution < 1.29 is 0 Å². The van der Waals surface area contributed by atoms with Crippen molar-refractivity contribution in [2.24, 2.45) is 5.92 Å². The topological polar surface area (TPSA) is 6.48 Å². The number of rotatable bonds is 2. The Kier molecular flexibility index (Phi) is 3.22. The van der Waals surface area contributed by atoms with E-state index in [1.165, 1.54) is 64.7 Å². The first-order chi connectivity index (χ1) is 8.50. The van der Waals surface area contributed by atoms with Crippen molar-refractivity contribution in [3.63, 3.8) is 0 Å². The van der Waals surface area contributed by atoms with E-state index in [9.17, 15) is 0 Å². The summed E-state index contributed by atoms with van der Waals surface area (Å²) in [6.45, 7) is 12.5. The molecule has 18 heavy (non-hydrogen) atoms. The van der Waals surface area contributed by atoms with Crippen LogP contribution in [0.1, 0.15) is 59.3 Å². The number of likely N-dealkylation sites (tertiary alicyclic amines) is 2. The van der Waals surface area contributed by atoms with Crippen molar-refractivity contribution in [3.8, 4) is 0 Å². The lowest BCUT2D eigenvalue weighted by Gasteiger charge is -2.49. The SMILES string of the molecule is CC(C)(C)N1CCC2(CCCN2CC2CC2)CC1. The summed E-state index contributed by atoms with van der Waals surface area (Å²) < 4.78 is 0. The molecule has 0 amide bonds. The highest BCUT2D eigenvalue weighted by atomic mass is 15.3. The Bertz CT molecular complexity index is 293. The zero-order chi connectivity index (χ0) is 12.8. The van der Waals surface area contributed by atoms with Gasteiger partial charge in [-0.2, -0.15) is 0 Å². The molecule has 2 nitrogen and oxygen atoms in total. The molecule has 1 spiro atoms. The fourth-order valence-corrected chi connectivity index (χ4v) is 4.05. The summed E-state index contributed by atoms with van der Waals surface area (Å²) in [5, 5.41) is 0. The molecule has 2 aliphatic heterocycles. The number of hydrogen-bond donors (Lipinski definition) is 0. The molecular weight excluding hydrogens is 220 g/mol. The third-order valence-electron chi connectivity index (χ3n) is 5.56. The van der Waals surface area contributed by atoms with Gasteiger partial charge in [0.1, 0.15) is 0 Å². The minimum absolute atomic E-state index is 0.363. The molecule has 1 saturated carbocycles. The van der Waals surface area contributed by atoms with Crippen LogP contribution in [0.5, 0.6) is 0 Å². The number of hydrogen-bond acceptors (Lipinski definition) is 2. The van der Waals surface area contributed by atoms with Gasteiger partial charge in [-0.15, -0.1) is 0 Å². The lowest BCUT2D eigenvalue weighted by molar-refractivity contribution is 0.0145. The second kappa shape index (κ2) is 4.49. The molecule has 2 heterocycles. The van der Waals surface area contributed by atoms with Gasteiger partial charge < -0.3 is 0 Å². The smallest absolute Gasteiger partial charge is 0.0234 e. The Morgan fingerprint density at radius 3 is 2.22 bits per heavy atom. The van der Waals surface area contributed by atoms with E-state index >= 15 is 0 Å². The molecule has 2 heteroatoms. The predicted molar refractivity (Wildman–Crippen MR) is 76.8 cm³/mol. The summed E-state index contributed by atoms with van der Waals surface area (Å²) in [5.74, 6) is 1.06. The maximum atomic E-state index is 2.88. The molecule has 3 aliphatic rings. The normalized spacial score (nSPS) is 30.2. The molecule has 0 radical (unpaired) electrons. The quantitative estimate of drug-likeness (QED) is 0.743. The van der Waals surface area contributed by atoms with E-state index in [0.717, 1.165) is 5.92 Å². The average Bonchev–Trinajstić information content (AvgIpc) is 3.04. The zero-order valence-corrected chi connectivity index (χ0v) is 12.5. The summed E-state index contributed by atoms with van der Waals surface area (Å²) in [6.07, 6.45) is 8.75. The van der Waals surface area contributed by atoms with Crippen LogP contribution in [0.3, 0.4) is 0 Å². The molecule has 0 aromatic heterocycles. The largest absolute Gasteiger partial charge is 0.298 e. The standard InChI is InChI=1S/C16H30N2/c1-15(2,3)17-11-8-16(9-12-17)7-4-10-18(16)13-14-5-6-14/h14H,4-13H2,1-3H3. The van der Waals surface area contributed by atoms with Crippen molar-refractivity contribution in [3.05, 3.63) is 0 Å². The van der Waals surface area contributed by atoms with Crippen molar-refractivity contribution in [1.29, 1.82) is 0 Å². The maximum absolute atomic E-state index is 2.88. The molecule has 3 fully saturated rings. The molecule has 2 saturated heterocycles. The van der Waals surface area contributed by atoms with Crippen LogP contribution < -0.4 is 0 Å². The lowest BCUT2D eigenvalue weighted by atomic mass is 9.83. The van der Waals surface area contributed by atoms with E-state index in [0.29, 0.717) is 11.1 Å². The van der Waals surface area contributed by atoms with E-state index in [2.05, 4.69) is 30.6 Å². The highest BCUT2D eigenvalue weighted by Gasteiger charge is 2.45. The van der Waals surface area contributed by atoms with Crippen LogP contribution in [0.4, 0.5) is 0 Å². The molecule has 0 aromatic carbocycles. The first-order valence-corrected chi connectivity index (χ1v) is 8.00. The zero-order valence-electron chi connectivity index (χ0n) is 12.5. The summed E-state index contributed by atoms with van der Waals surface area (Å²) in [6, 6.07) is 0. The summed E-state index contributed by atoms with van der Waals surface area (Å²) in [7, 11) is 0. The second-order valence-electron chi connectivity index (χ2n) is 7.88. The van der Waals surface area contributed by atoms with Crippen LogP contribution in [0.15, 0.2) is 0 Å². The second-order valence-corrected chi connectivity index (χ2v) is 7.88. The highest BCUT2D eigenvalue weighted by Crippen LogP contribution is 2.42. The monoisotopic (exact) mass is 250 g/mol. The van der Waals surface area contributed by atoms with Gasteiger partial charge in [0.05, 0.1) is 0 Å². The highest BCUT2D eigenvalue weighted by molar-refractivity contribution is 5.01. The first-order valence-electron chi connectivity index (χ1n) is 8.00. The van der Waals surface area contributed by atoms with E-state index in [-0.39, 0.29) is 0 Å². The molecule has 0 atom stereocenters. The molecule has 104 valence electrons. The summed E-state index contributed by atoms with van der Waals surface area (Å²) >= 11 is 0. The van der Waals surface area contributed by atoms with Gasteiger partial charge in [0.15, 0.2) is 0 Å². The minimum Gasteiger partial charge on any atom is -0.298 e. The molecule has 0 bridgehead atoms. The van der Waals surface area contributed by atoms with Crippen molar-refractivity contribution >= 4 is 0 Å². The fourth-order valence-electron chi connectivity index (χ4n) is 4.05. The number of nitrogens with zero attached hydrogens (tertiary/aromatic N) is 2. The van der Waals surface area contributed by atoms with Crippen LogP contribution in [0, 0.1) is 5.92 Å². The van der Waals surface area contributed by atoms with Gasteiger partial charge in [-0.3, -0.25) is 9.80 Å². The Morgan fingerprint density at radius 1 is 1.00 bits per heavy atom. The molecule has 0 unspecified atom stereocenters. The lowest BCUT2D eigenvalue weighted by Crippen LogP contribution is -2.56. The first kappa shape index (κ1) is 12.9. The fraction of sp³-hybridized carbons (Fsp3) is 1.00. The molecule has 3 rings (SSSR count). The van der Waals surface area contributed by atoms with Crippen LogP contribution in [-0.2, 0) is 0 Å². The Morgan fingerprint density at radius 2 is 1.67 bits per heavy atom. The van der Waals surface area contributed by atoms with Gasteiger partial charge in [0.25, 0.3) is 0 Å². The Balaban J connectivity index is 1.62.